The van der Waals surface area contributed by atoms with Gasteiger partial charge in [-0.05, 0) is 36.2 Å². The Hall–Kier alpha value is -3.32. The van der Waals surface area contributed by atoms with E-state index < -0.39 is 11.8 Å². The zero-order valence-corrected chi connectivity index (χ0v) is 16.7. The number of hydrogen-bond donors (Lipinski definition) is 2. The van der Waals surface area contributed by atoms with Gasteiger partial charge in [-0.1, -0.05) is 48.8 Å². The van der Waals surface area contributed by atoms with Crippen LogP contribution in [0.15, 0.2) is 59.1 Å². The number of carbonyl (C=O) groups is 2. The van der Waals surface area contributed by atoms with Crippen molar-refractivity contribution in [1.82, 2.24) is 5.16 Å². The maximum Gasteiger partial charge on any atom is 0.264 e. The van der Waals surface area contributed by atoms with E-state index in [1.807, 2.05) is 32.0 Å². The van der Waals surface area contributed by atoms with Crippen molar-refractivity contribution in [2.45, 2.75) is 19.8 Å². The molecule has 0 saturated carbocycles. The van der Waals surface area contributed by atoms with Gasteiger partial charge in [-0.15, -0.1) is 0 Å². The van der Waals surface area contributed by atoms with Crippen molar-refractivity contribution in [3.63, 3.8) is 0 Å². The van der Waals surface area contributed by atoms with E-state index >= 15 is 0 Å². The molecule has 1 heterocycles. The van der Waals surface area contributed by atoms with Crippen molar-refractivity contribution in [2.24, 2.45) is 0 Å². The maximum atomic E-state index is 12.6. The van der Waals surface area contributed by atoms with Crippen molar-refractivity contribution in [2.75, 3.05) is 17.2 Å². The van der Waals surface area contributed by atoms with Crippen LogP contribution in [0.4, 0.5) is 11.6 Å². The highest BCUT2D eigenvalue weighted by atomic mass is 35.5. The summed E-state index contributed by atoms with van der Waals surface area (Å²) in [4.78, 5) is 24.8. The van der Waals surface area contributed by atoms with Crippen molar-refractivity contribution >= 4 is 35.0 Å². The van der Waals surface area contributed by atoms with Gasteiger partial charge < -0.3 is 14.6 Å². The van der Waals surface area contributed by atoms with Crippen LogP contribution in [0.3, 0.4) is 0 Å². The van der Waals surface area contributed by atoms with Gasteiger partial charge in [-0.2, -0.15) is 0 Å². The van der Waals surface area contributed by atoms with Crippen LogP contribution in [0.5, 0.6) is 5.75 Å². The lowest BCUT2D eigenvalue weighted by Crippen LogP contribution is -2.21. The minimum absolute atomic E-state index is 0.181. The smallest absolute Gasteiger partial charge is 0.264 e. The Balaban J connectivity index is 1.65. The number of aromatic nitrogens is 1. The van der Waals surface area contributed by atoms with Crippen LogP contribution < -0.4 is 15.4 Å². The molecule has 0 unspecified atom stereocenters. The van der Waals surface area contributed by atoms with E-state index in [2.05, 4.69) is 15.8 Å². The molecular weight excluding hydrogens is 394 g/mol. The average molecular weight is 414 g/mol. The fraction of sp³-hybridized carbons (Fsp3) is 0.190. The summed E-state index contributed by atoms with van der Waals surface area (Å²) in [6.07, 6.45) is 0. The van der Waals surface area contributed by atoms with Crippen molar-refractivity contribution in [3.05, 3.63) is 70.9 Å². The van der Waals surface area contributed by atoms with Gasteiger partial charge in [0.1, 0.15) is 5.75 Å². The zero-order chi connectivity index (χ0) is 20.8. The molecule has 0 bridgehead atoms. The van der Waals surface area contributed by atoms with Gasteiger partial charge in [0.2, 0.25) is 5.88 Å². The normalized spacial score (nSPS) is 10.6. The number of benzene rings is 2. The van der Waals surface area contributed by atoms with Gasteiger partial charge in [0.25, 0.3) is 11.8 Å². The highest BCUT2D eigenvalue weighted by Gasteiger charge is 2.16. The molecule has 0 aliphatic rings. The Morgan fingerprint density at radius 1 is 1.10 bits per heavy atom. The number of carbonyl (C=O) groups excluding carboxylic acids is 2. The molecule has 29 heavy (non-hydrogen) atoms. The van der Waals surface area contributed by atoms with Gasteiger partial charge in [-0.25, -0.2) is 0 Å². The van der Waals surface area contributed by atoms with Crippen LogP contribution in [-0.4, -0.2) is 23.6 Å². The number of amides is 2. The molecule has 3 rings (SSSR count). The number of ether oxygens (including phenoxy) is 1. The lowest BCUT2D eigenvalue weighted by atomic mass is 10.1. The molecule has 8 heteroatoms. The van der Waals surface area contributed by atoms with Crippen LogP contribution in [0.25, 0.3) is 0 Å². The predicted molar refractivity (Wildman–Crippen MR) is 111 cm³/mol. The SMILES string of the molecule is CC(C)c1cc(NC(=O)COc2ccc(Cl)cc2C(=O)Nc2ccccc2)on1. The van der Waals surface area contributed by atoms with E-state index in [9.17, 15) is 9.59 Å². The van der Waals surface area contributed by atoms with E-state index in [1.54, 1.807) is 30.3 Å². The van der Waals surface area contributed by atoms with Crippen LogP contribution in [0, 0.1) is 0 Å². The first-order chi connectivity index (χ1) is 13.9. The Morgan fingerprint density at radius 3 is 2.55 bits per heavy atom. The van der Waals surface area contributed by atoms with E-state index in [1.165, 1.54) is 6.07 Å². The van der Waals surface area contributed by atoms with Crippen molar-refractivity contribution < 1.29 is 18.8 Å². The lowest BCUT2D eigenvalue weighted by Gasteiger charge is -2.12. The standard InChI is InChI=1S/C21H20ClN3O4/c1-13(2)17-11-20(29-25-17)24-19(26)12-28-18-9-8-14(22)10-16(18)21(27)23-15-6-4-3-5-7-15/h3-11,13H,12H2,1-2H3,(H,23,27)(H,24,26). The molecule has 150 valence electrons. The third kappa shape index (κ3) is 5.58. The number of hydrogen-bond acceptors (Lipinski definition) is 5. The minimum Gasteiger partial charge on any atom is -0.483 e. The summed E-state index contributed by atoms with van der Waals surface area (Å²) in [7, 11) is 0. The molecular formula is C21H20ClN3O4. The molecule has 2 amide bonds. The fourth-order valence-corrected chi connectivity index (χ4v) is 2.63. The molecule has 1 aromatic heterocycles. The summed E-state index contributed by atoms with van der Waals surface area (Å²) in [5.41, 5.74) is 1.59. The lowest BCUT2D eigenvalue weighted by molar-refractivity contribution is -0.118. The summed E-state index contributed by atoms with van der Waals surface area (Å²) in [6.45, 7) is 3.62. The topological polar surface area (TPSA) is 93.5 Å². The highest BCUT2D eigenvalue weighted by molar-refractivity contribution is 6.31. The molecule has 0 aliphatic carbocycles. The minimum atomic E-state index is -0.444. The Labute approximate surface area is 173 Å². The van der Waals surface area contributed by atoms with Crippen LogP contribution in [0.1, 0.15) is 35.8 Å². The first-order valence-corrected chi connectivity index (χ1v) is 9.35. The summed E-state index contributed by atoms with van der Waals surface area (Å²) < 4.78 is 10.6. The molecule has 2 aromatic carbocycles. The number of rotatable bonds is 7. The quantitative estimate of drug-likeness (QED) is 0.584. The van der Waals surface area contributed by atoms with Crippen LogP contribution in [0.2, 0.25) is 5.02 Å². The number of nitrogens with one attached hydrogen (secondary N) is 2. The molecule has 3 aromatic rings. The van der Waals surface area contributed by atoms with Gasteiger partial charge >= 0.3 is 0 Å². The number of para-hydroxylation sites is 1. The number of nitrogens with zero attached hydrogens (tertiary/aromatic N) is 1. The molecule has 0 radical (unpaired) electrons. The average Bonchev–Trinajstić information content (AvgIpc) is 3.16. The number of anilines is 2. The van der Waals surface area contributed by atoms with Gasteiger partial charge in [0, 0.05) is 16.8 Å². The van der Waals surface area contributed by atoms with E-state index in [-0.39, 0.29) is 29.7 Å². The maximum absolute atomic E-state index is 12.6. The Kier molecular flexibility index (Phi) is 6.51. The largest absolute Gasteiger partial charge is 0.483 e. The van der Waals surface area contributed by atoms with Crippen molar-refractivity contribution in [3.8, 4) is 5.75 Å². The highest BCUT2D eigenvalue weighted by Crippen LogP contribution is 2.24. The Morgan fingerprint density at radius 2 is 1.86 bits per heavy atom. The summed E-state index contributed by atoms with van der Waals surface area (Å²) in [5, 5.41) is 9.59. The van der Waals surface area contributed by atoms with Crippen LogP contribution in [-0.2, 0) is 4.79 Å². The van der Waals surface area contributed by atoms with Crippen LogP contribution >= 0.6 is 11.6 Å². The predicted octanol–water partition coefficient (Wildman–Crippen LogP) is 4.72. The van der Waals surface area contributed by atoms with Crippen molar-refractivity contribution in [1.29, 1.82) is 0 Å². The van der Waals surface area contributed by atoms with Gasteiger partial charge in [0.05, 0.1) is 11.3 Å². The third-order valence-corrected chi connectivity index (χ3v) is 4.19. The molecule has 0 fully saturated rings. The molecule has 0 saturated heterocycles. The zero-order valence-electron chi connectivity index (χ0n) is 15.9. The summed E-state index contributed by atoms with van der Waals surface area (Å²) in [6, 6.07) is 15.3. The van der Waals surface area contributed by atoms with E-state index in [0.29, 0.717) is 10.7 Å². The molecule has 0 aliphatic heterocycles. The molecule has 0 atom stereocenters. The molecule has 2 N–H and O–H groups in total. The Bertz CT molecular complexity index is 1000. The van der Waals surface area contributed by atoms with E-state index in [4.69, 9.17) is 20.9 Å². The molecule has 0 spiro atoms. The monoisotopic (exact) mass is 413 g/mol. The second-order valence-electron chi connectivity index (χ2n) is 6.57. The third-order valence-electron chi connectivity index (χ3n) is 3.96. The first kappa shape index (κ1) is 20.4. The molecule has 7 nitrogen and oxygen atoms in total. The fourth-order valence-electron chi connectivity index (χ4n) is 2.46. The first-order valence-electron chi connectivity index (χ1n) is 8.97. The second-order valence-corrected chi connectivity index (χ2v) is 7.00. The van der Waals surface area contributed by atoms with E-state index in [0.717, 1.165) is 5.69 Å². The summed E-state index contributed by atoms with van der Waals surface area (Å²) in [5.74, 6) is -0.189. The number of halogens is 1. The van der Waals surface area contributed by atoms with Gasteiger partial charge in [-0.3, -0.25) is 14.9 Å². The second kappa shape index (κ2) is 9.25. The summed E-state index contributed by atoms with van der Waals surface area (Å²) >= 11 is 6.03. The van der Waals surface area contributed by atoms with Gasteiger partial charge in [0.15, 0.2) is 6.61 Å².